The number of carbonyl (C=O) groups is 2. The second-order valence-corrected chi connectivity index (χ2v) is 20.4. The number of aliphatic hydroxyl groups excluding tert-OH is 2. The third-order valence-electron chi connectivity index (χ3n) is 11.1. The third kappa shape index (κ3) is 30.4. The molecule has 0 aromatic carbocycles. The highest BCUT2D eigenvalue weighted by molar-refractivity contribution is 7.61. The minimum Gasteiger partial charge on any atom is -0.462 e. The van der Waals surface area contributed by atoms with E-state index >= 15 is 0 Å². The van der Waals surface area contributed by atoms with Gasteiger partial charge in [0.05, 0.1) is 13.2 Å². The normalized spacial score (nSPS) is 19.7. The van der Waals surface area contributed by atoms with E-state index in [0.29, 0.717) is 12.8 Å². The van der Waals surface area contributed by atoms with Gasteiger partial charge in [-0.3, -0.25) is 23.2 Å². The fourth-order valence-electron chi connectivity index (χ4n) is 7.11. The van der Waals surface area contributed by atoms with Gasteiger partial charge in [0.15, 0.2) is 12.3 Å². The van der Waals surface area contributed by atoms with Crippen LogP contribution >= 0.6 is 15.6 Å². The van der Waals surface area contributed by atoms with E-state index in [1.54, 1.807) is 0 Å². The van der Waals surface area contributed by atoms with Crippen molar-refractivity contribution < 1.29 is 66.3 Å². The lowest BCUT2D eigenvalue weighted by molar-refractivity contribution is -0.161. The molecule has 2 heterocycles. The minimum atomic E-state index is -5.43. The molecule has 18 nitrogen and oxygen atoms in total. The number of phosphoric acid groups is 2. The Morgan fingerprint density at radius 1 is 0.686 bits per heavy atom. The standard InChI is InChI=1S/C50H83N3O15P2/c1-3-5-7-9-11-13-15-17-19-20-22-23-25-27-29-31-33-35-45(54)63-39-42(66-46(55)36-34-32-30-28-26-24-21-18-16-14-12-10-8-6-4-2)40-64-69(59,60)68-70(61,62)65-41-43-47(56)48(57)49(67-43)53-38-37-44(51)52-50(53)58/h11-14,17-19,21-23,37-38,42-43,47-49,56-57H,3-10,15-16,20,24-36,39-41H2,1-2H3,(H,59,60)(H,61,62)(H2,51,52,58)/b13-11-,14-12-,19-17-,21-18-,23-22-/t42-,43-,47+,48?,49-/m1/s1. The number of hydrogen-bond donors (Lipinski definition) is 5. The Balaban J connectivity index is 1.82. The molecule has 0 saturated carbocycles. The Hall–Kier alpha value is -3.54. The Morgan fingerprint density at radius 3 is 1.69 bits per heavy atom. The van der Waals surface area contributed by atoms with Gasteiger partial charge in [0.1, 0.15) is 30.7 Å². The number of anilines is 1. The first-order valence-corrected chi connectivity index (χ1v) is 28.3. The molecule has 3 unspecified atom stereocenters. The van der Waals surface area contributed by atoms with Gasteiger partial charge in [0.25, 0.3) is 0 Å². The van der Waals surface area contributed by atoms with E-state index in [0.717, 1.165) is 101 Å². The first kappa shape index (κ1) is 62.6. The molecule has 1 aromatic heterocycles. The lowest BCUT2D eigenvalue weighted by Gasteiger charge is -2.21. The number of aromatic nitrogens is 2. The summed E-state index contributed by atoms with van der Waals surface area (Å²) in [5, 5.41) is 20.9. The van der Waals surface area contributed by atoms with Crippen LogP contribution in [0.3, 0.4) is 0 Å². The summed E-state index contributed by atoms with van der Waals surface area (Å²) in [5.74, 6) is -1.34. The van der Waals surface area contributed by atoms with Crippen LogP contribution in [0.5, 0.6) is 0 Å². The average Bonchev–Trinajstić information content (AvgIpc) is 3.59. The van der Waals surface area contributed by atoms with E-state index in [2.05, 4.69) is 83.9 Å². The van der Waals surface area contributed by atoms with Crippen LogP contribution in [0.1, 0.15) is 174 Å². The average molecular weight is 1030 g/mol. The fraction of sp³-hybridized carbons (Fsp3) is 0.680. The SMILES string of the molecule is CCCCC/C=C\C/C=C\C/C=C\CCCCCCC(=O)OC[C@H](COP(=O)(O)OP(=O)(O)OC[C@H]1O[C@@H](n2ccc(N)nc2=O)C(O)[C@H]1O)OC(=O)CCCCCCC/C=C\C/C=C\CCCCC. The molecule has 70 heavy (non-hydrogen) atoms. The van der Waals surface area contributed by atoms with Crippen molar-refractivity contribution >= 4 is 33.4 Å². The molecule has 0 amide bonds. The maximum Gasteiger partial charge on any atom is 0.481 e. The summed E-state index contributed by atoms with van der Waals surface area (Å²) < 4.78 is 56.7. The van der Waals surface area contributed by atoms with E-state index in [1.165, 1.54) is 44.6 Å². The van der Waals surface area contributed by atoms with Gasteiger partial charge in [-0.05, 0) is 89.5 Å². The predicted octanol–water partition coefficient (Wildman–Crippen LogP) is 10.3. The quantitative estimate of drug-likeness (QED) is 0.0177. The number of rotatable bonds is 41. The zero-order valence-corrected chi connectivity index (χ0v) is 43.3. The molecule has 6 N–H and O–H groups in total. The molecule has 1 fully saturated rings. The van der Waals surface area contributed by atoms with Crippen LogP contribution in [0, 0.1) is 0 Å². The molecule has 1 saturated heterocycles. The lowest BCUT2D eigenvalue weighted by Crippen LogP contribution is -2.36. The number of nitrogens with zero attached hydrogens (tertiary/aromatic N) is 2. The summed E-state index contributed by atoms with van der Waals surface area (Å²) >= 11 is 0. The first-order valence-electron chi connectivity index (χ1n) is 25.3. The maximum absolute atomic E-state index is 12.9. The van der Waals surface area contributed by atoms with Crippen LogP contribution in [0.15, 0.2) is 77.8 Å². The monoisotopic (exact) mass is 1030 g/mol. The number of unbranched alkanes of at least 4 members (excludes halogenated alkanes) is 15. The van der Waals surface area contributed by atoms with Crippen molar-refractivity contribution in [3.05, 3.63) is 83.5 Å². The lowest BCUT2D eigenvalue weighted by atomic mass is 10.1. The van der Waals surface area contributed by atoms with Crippen LogP contribution in [0.4, 0.5) is 5.82 Å². The molecule has 0 bridgehead atoms. The number of carbonyl (C=O) groups excluding carboxylic acids is 2. The second-order valence-electron chi connectivity index (χ2n) is 17.3. The van der Waals surface area contributed by atoms with Crippen LogP contribution in [0.2, 0.25) is 0 Å². The van der Waals surface area contributed by atoms with Crippen molar-refractivity contribution in [1.29, 1.82) is 0 Å². The van der Waals surface area contributed by atoms with Gasteiger partial charge in [0.2, 0.25) is 0 Å². The molecular weight excluding hydrogens is 945 g/mol. The number of nitrogens with two attached hydrogens (primary N) is 1. The van der Waals surface area contributed by atoms with Crippen molar-refractivity contribution in [3.8, 4) is 0 Å². The number of phosphoric ester groups is 2. The molecule has 0 radical (unpaired) electrons. The van der Waals surface area contributed by atoms with Gasteiger partial charge in [-0.25, -0.2) is 13.9 Å². The first-order chi connectivity index (χ1) is 33.7. The topological polar surface area (TPSA) is 265 Å². The Kier molecular flexibility index (Phi) is 34.1. The summed E-state index contributed by atoms with van der Waals surface area (Å²) in [5.41, 5.74) is 4.58. The number of ether oxygens (including phenoxy) is 3. The number of allylic oxidation sites excluding steroid dienone is 10. The molecule has 7 atom stereocenters. The van der Waals surface area contributed by atoms with Gasteiger partial charge in [0, 0.05) is 19.0 Å². The fourth-order valence-corrected chi connectivity index (χ4v) is 9.22. The van der Waals surface area contributed by atoms with Crippen LogP contribution in [-0.4, -0.2) is 85.7 Å². The number of aliphatic hydroxyl groups is 2. The highest BCUT2D eigenvalue weighted by Crippen LogP contribution is 2.60. The summed E-state index contributed by atoms with van der Waals surface area (Å²) in [6.07, 6.45) is 37.2. The number of hydrogen-bond acceptors (Lipinski definition) is 15. The molecule has 1 aliphatic heterocycles. The molecule has 1 aromatic rings. The second kappa shape index (κ2) is 38.1. The van der Waals surface area contributed by atoms with Crippen molar-refractivity contribution in [2.75, 3.05) is 25.6 Å². The van der Waals surface area contributed by atoms with E-state index < -0.39 is 83.7 Å². The van der Waals surface area contributed by atoms with Gasteiger partial charge in [-0.1, -0.05) is 132 Å². The Morgan fingerprint density at radius 2 is 1.16 bits per heavy atom. The van der Waals surface area contributed by atoms with Crippen molar-refractivity contribution in [2.45, 2.75) is 199 Å². The minimum absolute atomic E-state index is 0.0266. The smallest absolute Gasteiger partial charge is 0.462 e. The van der Waals surface area contributed by atoms with Gasteiger partial charge in [-0.2, -0.15) is 9.29 Å². The highest BCUT2D eigenvalue weighted by atomic mass is 31.3. The Bertz CT molecular complexity index is 1910. The van der Waals surface area contributed by atoms with Crippen LogP contribution < -0.4 is 11.4 Å². The summed E-state index contributed by atoms with van der Waals surface area (Å²) in [6.45, 7) is 2.06. The van der Waals surface area contributed by atoms with Crippen molar-refractivity contribution in [3.63, 3.8) is 0 Å². The highest BCUT2D eigenvalue weighted by Gasteiger charge is 2.46. The van der Waals surface area contributed by atoms with E-state index in [1.807, 2.05) is 0 Å². The molecule has 20 heteroatoms. The van der Waals surface area contributed by atoms with Crippen molar-refractivity contribution in [2.24, 2.45) is 0 Å². The summed E-state index contributed by atoms with van der Waals surface area (Å²) in [7, 11) is -10.9. The van der Waals surface area contributed by atoms with Crippen LogP contribution in [0.25, 0.3) is 0 Å². The zero-order valence-electron chi connectivity index (χ0n) is 41.6. The van der Waals surface area contributed by atoms with Gasteiger partial charge in [-0.15, -0.1) is 0 Å². The largest absolute Gasteiger partial charge is 0.481 e. The predicted molar refractivity (Wildman–Crippen MR) is 270 cm³/mol. The molecular formula is C50H83N3O15P2. The molecule has 2 rings (SSSR count). The van der Waals surface area contributed by atoms with Gasteiger partial charge >= 0.3 is 33.3 Å². The molecule has 1 aliphatic rings. The Labute approximate surface area is 415 Å². The molecule has 398 valence electrons. The van der Waals surface area contributed by atoms with E-state index in [9.17, 15) is 43.5 Å². The summed E-state index contributed by atoms with van der Waals surface area (Å²) in [4.78, 5) is 61.9. The number of nitrogen functional groups attached to an aromatic ring is 1. The molecule has 0 spiro atoms. The van der Waals surface area contributed by atoms with E-state index in [-0.39, 0.29) is 18.7 Å². The van der Waals surface area contributed by atoms with Gasteiger partial charge < -0.3 is 39.9 Å². The maximum atomic E-state index is 12.9. The molecule has 0 aliphatic carbocycles. The zero-order chi connectivity index (χ0) is 51.3. The van der Waals surface area contributed by atoms with Crippen LogP contribution in [-0.2, 0) is 46.3 Å². The van der Waals surface area contributed by atoms with Crippen molar-refractivity contribution in [1.82, 2.24) is 9.55 Å². The number of esters is 2. The third-order valence-corrected chi connectivity index (χ3v) is 13.7. The summed E-state index contributed by atoms with van der Waals surface area (Å²) in [6, 6.07) is 1.25. The van der Waals surface area contributed by atoms with E-state index in [4.69, 9.17) is 29.0 Å².